The molecule has 11 heteroatoms. The minimum Gasteiger partial charge on any atom is -0.339 e. The van der Waals surface area contributed by atoms with Crippen LogP contribution in [0.5, 0.6) is 0 Å². The van der Waals surface area contributed by atoms with Gasteiger partial charge in [0.1, 0.15) is 0 Å². The van der Waals surface area contributed by atoms with Gasteiger partial charge in [-0.15, -0.1) is 16.4 Å². The zero-order valence-corrected chi connectivity index (χ0v) is 20.4. The Bertz CT molecular complexity index is 1070. The van der Waals surface area contributed by atoms with E-state index >= 15 is 0 Å². The van der Waals surface area contributed by atoms with Crippen molar-refractivity contribution in [1.29, 1.82) is 0 Å². The molecule has 0 radical (unpaired) electrons. The van der Waals surface area contributed by atoms with Crippen LogP contribution in [0.15, 0.2) is 40.9 Å². The highest BCUT2D eigenvalue weighted by Gasteiger charge is 2.23. The van der Waals surface area contributed by atoms with E-state index in [1.807, 2.05) is 54.5 Å². The minimum atomic E-state index is -0.0275. The summed E-state index contributed by atoms with van der Waals surface area (Å²) in [6.07, 6.45) is 0. The van der Waals surface area contributed by atoms with Gasteiger partial charge in [0.05, 0.1) is 18.8 Å². The van der Waals surface area contributed by atoms with Gasteiger partial charge in [-0.25, -0.2) is 4.68 Å². The first-order valence-corrected chi connectivity index (χ1v) is 12.6. The maximum absolute atomic E-state index is 12.7. The number of piperazine rings is 1. The largest absolute Gasteiger partial charge is 0.339 e. The van der Waals surface area contributed by atoms with Crippen molar-refractivity contribution >= 4 is 40.6 Å². The topological polar surface area (TPSA) is 96.2 Å². The molecule has 1 aliphatic rings. The zero-order valence-electron chi connectivity index (χ0n) is 18.7. The molecule has 1 fully saturated rings. The van der Waals surface area contributed by atoms with Gasteiger partial charge in [-0.05, 0) is 46.8 Å². The number of benzene rings is 1. The molecule has 0 bridgehead atoms. The van der Waals surface area contributed by atoms with Gasteiger partial charge < -0.3 is 10.2 Å². The fraction of sp³-hybridized carbons (Fsp3) is 0.409. The number of aromatic nitrogens is 4. The smallest absolute Gasteiger partial charge is 0.238 e. The van der Waals surface area contributed by atoms with E-state index in [1.54, 1.807) is 16.0 Å². The molecule has 1 aliphatic heterocycles. The number of nitrogens with one attached hydrogen (secondary N) is 1. The normalized spacial score (nSPS) is 14.4. The third kappa shape index (κ3) is 6.18. The Morgan fingerprint density at radius 1 is 1.09 bits per heavy atom. The van der Waals surface area contributed by atoms with Crippen molar-refractivity contribution in [3.63, 3.8) is 0 Å². The molecule has 0 saturated carbocycles. The van der Waals surface area contributed by atoms with E-state index in [1.165, 1.54) is 11.8 Å². The van der Waals surface area contributed by atoms with Crippen molar-refractivity contribution in [3.8, 4) is 0 Å². The average molecular weight is 486 g/mol. The molecule has 0 aliphatic carbocycles. The lowest BCUT2D eigenvalue weighted by atomic mass is 10.1. The van der Waals surface area contributed by atoms with Gasteiger partial charge >= 0.3 is 0 Å². The van der Waals surface area contributed by atoms with Crippen molar-refractivity contribution in [2.75, 3.05) is 43.8 Å². The molecule has 3 aromatic rings. The van der Waals surface area contributed by atoms with Crippen LogP contribution in [0.25, 0.3) is 0 Å². The molecule has 9 nitrogen and oxygen atoms in total. The number of amides is 2. The number of hydrogen-bond donors (Lipinski definition) is 1. The lowest BCUT2D eigenvalue weighted by molar-refractivity contribution is -0.130. The van der Waals surface area contributed by atoms with Crippen LogP contribution in [0, 0.1) is 13.8 Å². The van der Waals surface area contributed by atoms with Gasteiger partial charge in [0.2, 0.25) is 17.0 Å². The summed E-state index contributed by atoms with van der Waals surface area (Å²) < 4.78 is 1.72. The molecule has 0 unspecified atom stereocenters. The predicted molar refractivity (Wildman–Crippen MR) is 130 cm³/mol. The van der Waals surface area contributed by atoms with Crippen LogP contribution in [0.1, 0.15) is 16.0 Å². The number of rotatable bonds is 8. The van der Waals surface area contributed by atoms with Crippen LogP contribution in [0.4, 0.5) is 5.69 Å². The van der Waals surface area contributed by atoms with Gasteiger partial charge in [0, 0.05) is 36.7 Å². The fourth-order valence-electron chi connectivity index (χ4n) is 3.72. The molecule has 2 amide bonds. The number of carbonyl (C=O) groups excluding carboxylic acids is 2. The number of thiophene rings is 1. The van der Waals surface area contributed by atoms with Gasteiger partial charge in [0.15, 0.2) is 0 Å². The Morgan fingerprint density at radius 2 is 1.85 bits per heavy atom. The number of para-hydroxylation sites is 1. The van der Waals surface area contributed by atoms with Crippen LogP contribution < -0.4 is 5.32 Å². The number of thioether (sulfide) groups is 1. The monoisotopic (exact) mass is 485 g/mol. The van der Waals surface area contributed by atoms with Crippen molar-refractivity contribution < 1.29 is 9.59 Å². The molecule has 1 saturated heterocycles. The summed E-state index contributed by atoms with van der Waals surface area (Å²) in [4.78, 5) is 30.3. The molecular formula is C22H27N7O2S2. The number of anilines is 1. The van der Waals surface area contributed by atoms with E-state index in [0.717, 1.165) is 21.7 Å². The summed E-state index contributed by atoms with van der Waals surface area (Å²) in [7, 11) is 0. The summed E-state index contributed by atoms with van der Waals surface area (Å²) in [6.45, 7) is 7.47. The summed E-state index contributed by atoms with van der Waals surface area (Å²) in [5.74, 6) is 0.323. The van der Waals surface area contributed by atoms with Crippen LogP contribution in [0.3, 0.4) is 0 Å². The Labute approximate surface area is 201 Å². The first kappa shape index (κ1) is 23.4. The Morgan fingerprint density at radius 3 is 2.55 bits per heavy atom. The van der Waals surface area contributed by atoms with Crippen LogP contribution in [-0.4, -0.2) is 80.3 Å². The quantitative estimate of drug-likeness (QED) is 0.489. The van der Waals surface area contributed by atoms with Gasteiger partial charge in [0.25, 0.3) is 0 Å². The number of hydrogen-bond acceptors (Lipinski definition) is 8. The number of aryl methyl sites for hydroxylation is 2. The zero-order chi connectivity index (χ0) is 23.2. The van der Waals surface area contributed by atoms with Crippen molar-refractivity contribution in [2.24, 2.45) is 0 Å². The number of tetrazole rings is 1. The highest BCUT2D eigenvalue weighted by atomic mass is 32.2. The van der Waals surface area contributed by atoms with Crippen molar-refractivity contribution in [1.82, 2.24) is 30.0 Å². The third-order valence-electron chi connectivity index (χ3n) is 5.55. The second-order valence-electron chi connectivity index (χ2n) is 7.96. The molecule has 0 spiro atoms. The van der Waals surface area contributed by atoms with Gasteiger partial charge in [-0.1, -0.05) is 36.0 Å². The molecule has 2 aromatic heterocycles. The van der Waals surface area contributed by atoms with Gasteiger partial charge in [-0.3, -0.25) is 14.5 Å². The average Bonchev–Trinajstić information content (AvgIpc) is 3.48. The van der Waals surface area contributed by atoms with E-state index in [-0.39, 0.29) is 17.6 Å². The lowest BCUT2D eigenvalue weighted by Crippen LogP contribution is -2.51. The SMILES string of the molecule is Cc1cccc(C)c1NC(=O)CN1CCN(C(=O)CSc2nnnn2Cc2cccs2)CC1. The molecule has 1 N–H and O–H groups in total. The summed E-state index contributed by atoms with van der Waals surface area (Å²) >= 11 is 3.00. The highest BCUT2D eigenvalue weighted by molar-refractivity contribution is 7.99. The minimum absolute atomic E-state index is 0.0275. The van der Waals surface area contributed by atoms with Crippen LogP contribution in [0.2, 0.25) is 0 Å². The Kier molecular flexibility index (Phi) is 7.73. The lowest BCUT2D eigenvalue weighted by Gasteiger charge is -2.34. The van der Waals surface area contributed by atoms with Crippen LogP contribution >= 0.6 is 23.1 Å². The van der Waals surface area contributed by atoms with Crippen molar-refractivity contribution in [2.45, 2.75) is 25.5 Å². The molecule has 1 aromatic carbocycles. The Balaban J connectivity index is 1.21. The van der Waals surface area contributed by atoms with Crippen LogP contribution in [-0.2, 0) is 16.1 Å². The Hall–Kier alpha value is -2.76. The maximum atomic E-state index is 12.7. The molecular weight excluding hydrogens is 458 g/mol. The van der Waals surface area contributed by atoms with E-state index in [4.69, 9.17) is 0 Å². The fourth-order valence-corrected chi connectivity index (χ4v) is 5.18. The van der Waals surface area contributed by atoms with Crippen molar-refractivity contribution in [3.05, 3.63) is 51.7 Å². The first-order chi connectivity index (χ1) is 16.0. The predicted octanol–water partition coefficient (Wildman–Crippen LogP) is 2.27. The highest BCUT2D eigenvalue weighted by Crippen LogP contribution is 2.20. The molecule has 3 heterocycles. The summed E-state index contributed by atoms with van der Waals surface area (Å²) in [5, 5.41) is 17.5. The standard InChI is InChI=1S/C22H27N7O2S2/c1-16-5-3-6-17(2)21(16)23-19(30)14-27-8-10-28(11-9-27)20(31)15-33-22-24-25-26-29(22)13-18-7-4-12-32-18/h3-7,12H,8-11,13-15H2,1-2H3,(H,23,30). The maximum Gasteiger partial charge on any atom is 0.238 e. The molecule has 174 valence electrons. The van der Waals surface area contributed by atoms with E-state index in [9.17, 15) is 9.59 Å². The third-order valence-corrected chi connectivity index (χ3v) is 7.35. The number of nitrogens with zero attached hydrogens (tertiary/aromatic N) is 6. The second-order valence-corrected chi connectivity index (χ2v) is 9.93. The molecule has 4 rings (SSSR count). The van der Waals surface area contributed by atoms with E-state index in [2.05, 4.69) is 25.7 Å². The van der Waals surface area contributed by atoms with E-state index < -0.39 is 0 Å². The molecule has 33 heavy (non-hydrogen) atoms. The number of carbonyl (C=O) groups is 2. The van der Waals surface area contributed by atoms with Gasteiger partial charge in [-0.2, -0.15) is 0 Å². The first-order valence-electron chi connectivity index (χ1n) is 10.8. The molecule has 0 atom stereocenters. The van der Waals surface area contributed by atoms with E-state index in [0.29, 0.717) is 44.4 Å². The summed E-state index contributed by atoms with van der Waals surface area (Å²) in [5.41, 5.74) is 2.99. The second kappa shape index (κ2) is 10.9. The summed E-state index contributed by atoms with van der Waals surface area (Å²) in [6, 6.07) is 10.00.